The van der Waals surface area contributed by atoms with Crippen molar-refractivity contribution in [1.82, 2.24) is 0 Å². The van der Waals surface area contributed by atoms with Gasteiger partial charge in [-0.2, -0.15) is 5.10 Å². The average Bonchev–Trinajstić information content (AvgIpc) is 2.29. The number of para-hydroxylation sites is 1. The zero-order valence-electron chi connectivity index (χ0n) is 10.4. The molecule has 1 fully saturated rings. The van der Waals surface area contributed by atoms with Crippen molar-refractivity contribution in [2.45, 2.75) is 25.9 Å². The quantitative estimate of drug-likeness (QED) is 0.820. The van der Waals surface area contributed by atoms with Gasteiger partial charge >= 0.3 is 0 Å². The molecule has 0 bridgehead atoms. The topological polar surface area (TPSA) is 50.7 Å². The van der Waals surface area contributed by atoms with E-state index in [9.17, 15) is 9.18 Å². The van der Waals surface area contributed by atoms with Gasteiger partial charge in [0.05, 0.1) is 17.9 Å². The SMILES string of the molecule is CC1(C)CC(=O)C(=NNc2ccccc2F)CO1. The van der Waals surface area contributed by atoms with Crippen LogP contribution in [-0.2, 0) is 9.53 Å². The summed E-state index contributed by atoms with van der Waals surface area (Å²) in [6.07, 6.45) is 0.283. The summed E-state index contributed by atoms with van der Waals surface area (Å²) < 4.78 is 18.8. The summed E-state index contributed by atoms with van der Waals surface area (Å²) in [6, 6.07) is 6.15. The van der Waals surface area contributed by atoms with Gasteiger partial charge in [0, 0.05) is 6.42 Å². The molecule has 5 heteroatoms. The van der Waals surface area contributed by atoms with E-state index < -0.39 is 11.4 Å². The van der Waals surface area contributed by atoms with Gasteiger partial charge in [-0.25, -0.2) is 4.39 Å². The average molecular weight is 250 g/mol. The first-order chi connectivity index (χ1) is 8.48. The fourth-order valence-electron chi connectivity index (χ4n) is 1.66. The highest BCUT2D eigenvalue weighted by Gasteiger charge is 2.31. The van der Waals surface area contributed by atoms with Gasteiger partial charge in [-0.3, -0.25) is 10.2 Å². The predicted octanol–water partition coefficient (Wildman–Crippen LogP) is 2.36. The molecule has 0 amide bonds. The Morgan fingerprint density at radius 1 is 1.39 bits per heavy atom. The first-order valence-corrected chi connectivity index (χ1v) is 5.72. The summed E-state index contributed by atoms with van der Waals surface area (Å²) in [5.74, 6) is -0.485. The number of hydrazone groups is 1. The van der Waals surface area contributed by atoms with Crippen molar-refractivity contribution in [3.8, 4) is 0 Å². The lowest BCUT2D eigenvalue weighted by Gasteiger charge is -2.29. The highest BCUT2D eigenvalue weighted by Crippen LogP contribution is 2.20. The second-order valence-electron chi connectivity index (χ2n) is 4.80. The van der Waals surface area contributed by atoms with E-state index >= 15 is 0 Å². The molecule has 1 N–H and O–H groups in total. The molecule has 1 aromatic carbocycles. The molecule has 0 spiro atoms. The van der Waals surface area contributed by atoms with Crippen LogP contribution in [-0.4, -0.2) is 23.7 Å². The number of anilines is 1. The number of rotatable bonds is 2. The van der Waals surface area contributed by atoms with Gasteiger partial charge in [0.1, 0.15) is 11.5 Å². The van der Waals surface area contributed by atoms with Gasteiger partial charge in [-0.1, -0.05) is 12.1 Å². The summed E-state index contributed by atoms with van der Waals surface area (Å²) in [4.78, 5) is 11.8. The number of halogens is 1. The first kappa shape index (κ1) is 12.7. The number of hydrogen-bond acceptors (Lipinski definition) is 4. The summed E-state index contributed by atoms with van der Waals surface area (Å²) >= 11 is 0. The molecule has 1 aliphatic heterocycles. The van der Waals surface area contributed by atoms with Crippen LogP contribution in [0, 0.1) is 5.82 Å². The van der Waals surface area contributed by atoms with Gasteiger partial charge in [-0.05, 0) is 26.0 Å². The molecule has 1 aliphatic rings. The Morgan fingerprint density at radius 3 is 2.78 bits per heavy atom. The normalized spacial score (nSPS) is 21.1. The van der Waals surface area contributed by atoms with Crippen LogP contribution in [0.4, 0.5) is 10.1 Å². The number of nitrogens with one attached hydrogen (secondary N) is 1. The molecule has 0 aromatic heterocycles. The van der Waals surface area contributed by atoms with Crippen LogP contribution in [0.5, 0.6) is 0 Å². The third kappa shape index (κ3) is 2.92. The van der Waals surface area contributed by atoms with Crippen molar-refractivity contribution in [1.29, 1.82) is 0 Å². The Bertz CT molecular complexity index is 498. The Labute approximate surface area is 105 Å². The highest BCUT2D eigenvalue weighted by molar-refractivity contribution is 6.41. The monoisotopic (exact) mass is 250 g/mol. The van der Waals surface area contributed by atoms with Gasteiger partial charge in [0.25, 0.3) is 0 Å². The third-order valence-electron chi connectivity index (χ3n) is 2.69. The summed E-state index contributed by atoms with van der Waals surface area (Å²) in [6.45, 7) is 3.85. The van der Waals surface area contributed by atoms with Crippen LogP contribution in [0.1, 0.15) is 20.3 Å². The predicted molar refractivity (Wildman–Crippen MR) is 67.1 cm³/mol. The molecular formula is C13H15FN2O2. The minimum absolute atomic E-state index is 0.0740. The van der Waals surface area contributed by atoms with E-state index in [1.165, 1.54) is 6.07 Å². The van der Waals surface area contributed by atoms with E-state index in [2.05, 4.69) is 10.5 Å². The number of hydrogen-bond donors (Lipinski definition) is 1. The second-order valence-corrected chi connectivity index (χ2v) is 4.80. The van der Waals surface area contributed by atoms with Gasteiger partial charge in [0.2, 0.25) is 0 Å². The van der Waals surface area contributed by atoms with Crippen molar-refractivity contribution in [3.05, 3.63) is 30.1 Å². The van der Waals surface area contributed by atoms with E-state index in [1.807, 2.05) is 13.8 Å². The number of benzene rings is 1. The fraction of sp³-hybridized carbons (Fsp3) is 0.385. The molecule has 1 saturated heterocycles. The number of nitrogens with zero attached hydrogens (tertiary/aromatic N) is 1. The molecule has 18 heavy (non-hydrogen) atoms. The van der Waals surface area contributed by atoms with E-state index in [4.69, 9.17) is 4.74 Å². The summed E-state index contributed by atoms with van der Waals surface area (Å²) in [5, 5.41) is 3.91. The van der Waals surface area contributed by atoms with Gasteiger partial charge in [-0.15, -0.1) is 0 Å². The minimum atomic E-state index is -0.450. The lowest BCUT2D eigenvalue weighted by Crippen LogP contribution is -2.40. The number of carbonyl (C=O) groups is 1. The molecule has 0 radical (unpaired) electrons. The lowest BCUT2D eigenvalue weighted by atomic mass is 9.96. The van der Waals surface area contributed by atoms with Crippen molar-refractivity contribution in [2.24, 2.45) is 5.10 Å². The maximum Gasteiger partial charge on any atom is 0.184 e. The highest BCUT2D eigenvalue weighted by atomic mass is 19.1. The molecule has 1 aromatic rings. The van der Waals surface area contributed by atoms with Crippen LogP contribution in [0.3, 0.4) is 0 Å². The second kappa shape index (κ2) is 4.86. The molecular weight excluding hydrogens is 235 g/mol. The van der Waals surface area contributed by atoms with Crippen molar-refractivity contribution >= 4 is 17.2 Å². The van der Waals surface area contributed by atoms with E-state index in [-0.39, 0.29) is 30.2 Å². The number of Topliss-reactive ketones (excluding diaryl/α,β-unsaturated/α-hetero) is 1. The van der Waals surface area contributed by atoms with Crippen LogP contribution >= 0.6 is 0 Å². The van der Waals surface area contributed by atoms with Crippen molar-refractivity contribution in [3.63, 3.8) is 0 Å². The minimum Gasteiger partial charge on any atom is -0.369 e. The summed E-state index contributed by atoms with van der Waals surface area (Å²) in [5.41, 5.74) is 2.63. The maximum absolute atomic E-state index is 13.3. The Balaban J connectivity index is 2.07. The maximum atomic E-state index is 13.3. The molecule has 0 saturated carbocycles. The Morgan fingerprint density at radius 2 is 2.11 bits per heavy atom. The van der Waals surface area contributed by atoms with Crippen LogP contribution in [0.25, 0.3) is 0 Å². The number of ether oxygens (including phenoxy) is 1. The van der Waals surface area contributed by atoms with E-state index in [1.54, 1.807) is 18.2 Å². The molecule has 0 unspecified atom stereocenters. The number of ketones is 1. The van der Waals surface area contributed by atoms with Crippen molar-refractivity contribution < 1.29 is 13.9 Å². The zero-order valence-corrected chi connectivity index (χ0v) is 10.4. The fourth-order valence-corrected chi connectivity index (χ4v) is 1.66. The smallest absolute Gasteiger partial charge is 0.184 e. The van der Waals surface area contributed by atoms with Crippen LogP contribution in [0.2, 0.25) is 0 Å². The Hall–Kier alpha value is -1.75. The van der Waals surface area contributed by atoms with Crippen molar-refractivity contribution in [2.75, 3.05) is 12.0 Å². The zero-order chi connectivity index (χ0) is 13.2. The standard InChI is InChI=1S/C13H15FN2O2/c1-13(2)7-12(17)11(8-18-13)16-15-10-6-4-3-5-9(10)14/h3-6,15H,7-8H2,1-2H3. The lowest BCUT2D eigenvalue weighted by molar-refractivity contribution is -0.122. The molecule has 2 rings (SSSR count). The van der Waals surface area contributed by atoms with Gasteiger partial charge in [0.15, 0.2) is 5.78 Å². The molecule has 96 valence electrons. The Kier molecular flexibility index (Phi) is 3.43. The van der Waals surface area contributed by atoms with Gasteiger partial charge < -0.3 is 4.74 Å². The molecule has 1 heterocycles. The molecule has 0 aliphatic carbocycles. The third-order valence-corrected chi connectivity index (χ3v) is 2.69. The van der Waals surface area contributed by atoms with Crippen LogP contribution < -0.4 is 5.43 Å². The largest absolute Gasteiger partial charge is 0.369 e. The first-order valence-electron chi connectivity index (χ1n) is 5.72. The molecule has 0 atom stereocenters. The van der Waals surface area contributed by atoms with Crippen LogP contribution in [0.15, 0.2) is 29.4 Å². The van der Waals surface area contributed by atoms with E-state index in [0.29, 0.717) is 0 Å². The molecule has 4 nitrogen and oxygen atoms in total. The van der Waals surface area contributed by atoms with E-state index in [0.717, 1.165) is 0 Å². The summed E-state index contributed by atoms with van der Waals surface area (Å²) in [7, 11) is 0. The number of carbonyl (C=O) groups excluding carboxylic acids is 1.